The first kappa shape index (κ1) is 18.7. The Labute approximate surface area is 163 Å². The fourth-order valence-electron chi connectivity index (χ4n) is 3.44. The summed E-state index contributed by atoms with van der Waals surface area (Å²) in [5.74, 6) is -0.0871. The monoisotopic (exact) mass is 400 g/mol. The van der Waals surface area contributed by atoms with E-state index in [0.29, 0.717) is 5.56 Å². The van der Waals surface area contributed by atoms with Crippen LogP contribution < -0.4 is 5.32 Å². The Bertz CT molecular complexity index is 1040. The molecule has 0 radical (unpaired) electrons. The Morgan fingerprint density at radius 1 is 0.964 bits per heavy atom. The van der Waals surface area contributed by atoms with Crippen LogP contribution in [-0.2, 0) is 9.84 Å². The van der Waals surface area contributed by atoms with E-state index in [0.717, 1.165) is 25.7 Å². The third-order valence-electron chi connectivity index (χ3n) is 4.94. The van der Waals surface area contributed by atoms with Crippen LogP contribution >= 0.6 is 0 Å². The molecule has 1 N–H and O–H groups in total. The highest BCUT2D eigenvalue weighted by Gasteiger charge is 2.30. The van der Waals surface area contributed by atoms with Gasteiger partial charge in [-0.05, 0) is 49.2 Å². The predicted octanol–water partition coefficient (Wildman–Crippen LogP) is 5.06. The van der Waals surface area contributed by atoms with Gasteiger partial charge in [-0.25, -0.2) is 12.8 Å². The first-order valence-corrected chi connectivity index (χ1v) is 10.9. The highest BCUT2D eigenvalue weighted by molar-refractivity contribution is 7.91. The lowest BCUT2D eigenvalue weighted by Crippen LogP contribution is -2.23. The molecule has 3 aromatic rings. The molecule has 0 atom stereocenters. The molecule has 1 aliphatic carbocycles. The molecule has 1 heterocycles. The molecule has 146 valence electrons. The molecule has 1 saturated carbocycles. The van der Waals surface area contributed by atoms with Gasteiger partial charge in [-0.2, -0.15) is 4.98 Å². The lowest BCUT2D eigenvalue weighted by molar-refractivity contribution is 0.450. The second-order valence-corrected chi connectivity index (χ2v) is 8.82. The van der Waals surface area contributed by atoms with Crippen LogP contribution in [0.4, 0.5) is 10.3 Å². The largest absolute Gasteiger partial charge is 0.419 e. The van der Waals surface area contributed by atoms with E-state index in [1.165, 1.54) is 42.8 Å². The van der Waals surface area contributed by atoms with Crippen molar-refractivity contribution in [3.8, 4) is 11.5 Å². The summed E-state index contributed by atoms with van der Waals surface area (Å²) in [5.41, 5.74) is 0.516. The normalized spacial score (nSPS) is 15.5. The van der Waals surface area contributed by atoms with Gasteiger partial charge in [0.1, 0.15) is 5.82 Å². The van der Waals surface area contributed by atoms with Crippen molar-refractivity contribution in [2.24, 2.45) is 0 Å². The van der Waals surface area contributed by atoms with Gasteiger partial charge in [-0.15, -0.1) is 0 Å². The number of aromatic nitrogens is 1. The summed E-state index contributed by atoms with van der Waals surface area (Å²) in [6, 6.07) is 13.9. The van der Waals surface area contributed by atoms with Crippen LogP contribution in [0.3, 0.4) is 0 Å². The van der Waals surface area contributed by atoms with Gasteiger partial charge in [0.15, 0.2) is 0 Å². The van der Waals surface area contributed by atoms with Crippen LogP contribution in [0.1, 0.15) is 32.1 Å². The van der Waals surface area contributed by atoms with E-state index in [1.54, 1.807) is 18.2 Å². The Kier molecular flexibility index (Phi) is 5.17. The topological polar surface area (TPSA) is 72.2 Å². The quantitative estimate of drug-likeness (QED) is 0.648. The van der Waals surface area contributed by atoms with Gasteiger partial charge in [-0.1, -0.05) is 37.5 Å². The zero-order valence-corrected chi connectivity index (χ0v) is 16.1. The Balaban J connectivity index is 1.77. The third-order valence-corrected chi connectivity index (χ3v) is 6.61. The van der Waals surface area contributed by atoms with Crippen LogP contribution in [0.2, 0.25) is 0 Å². The molecule has 0 unspecified atom stereocenters. The van der Waals surface area contributed by atoms with Crippen LogP contribution in [0.25, 0.3) is 11.5 Å². The van der Waals surface area contributed by atoms with Crippen molar-refractivity contribution >= 4 is 15.7 Å². The van der Waals surface area contributed by atoms with Crippen molar-refractivity contribution in [3.63, 3.8) is 0 Å². The third kappa shape index (κ3) is 3.80. The molecule has 4 rings (SSSR count). The minimum atomic E-state index is -3.86. The molecule has 0 bridgehead atoms. The van der Waals surface area contributed by atoms with Gasteiger partial charge in [0.25, 0.3) is 0 Å². The summed E-state index contributed by atoms with van der Waals surface area (Å²) in [7, 11) is -3.86. The average Bonchev–Trinajstić information content (AvgIpc) is 3.14. The summed E-state index contributed by atoms with van der Waals surface area (Å²) in [5, 5.41) is 3.11. The van der Waals surface area contributed by atoms with Crippen molar-refractivity contribution in [1.29, 1.82) is 0 Å². The highest BCUT2D eigenvalue weighted by Crippen LogP contribution is 2.34. The number of halogens is 1. The summed E-state index contributed by atoms with van der Waals surface area (Å²) < 4.78 is 45.4. The molecule has 0 saturated heterocycles. The fourth-order valence-corrected chi connectivity index (χ4v) is 4.73. The first-order chi connectivity index (χ1) is 13.5. The van der Waals surface area contributed by atoms with Crippen LogP contribution in [0.5, 0.6) is 0 Å². The molecule has 2 aromatic carbocycles. The van der Waals surface area contributed by atoms with Gasteiger partial charge < -0.3 is 9.73 Å². The molecule has 0 aliphatic heterocycles. The van der Waals surface area contributed by atoms with E-state index < -0.39 is 9.84 Å². The molecule has 7 heteroatoms. The van der Waals surface area contributed by atoms with Gasteiger partial charge in [0.2, 0.25) is 26.6 Å². The molecule has 0 spiro atoms. The van der Waals surface area contributed by atoms with Crippen molar-refractivity contribution < 1.29 is 17.2 Å². The van der Waals surface area contributed by atoms with Crippen LogP contribution in [0, 0.1) is 5.82 Å². The maximum atomic E-state index is 13.2. The maximum absolute atomic E-state index is 13.2. The predicted molar refractivity (Wildman–Crippen MR) is 104 cm³/mol. The van der Waals surface area contributed by atoms with E-state index >= 15 is 0 Å². The lowest BCUT2D eigenvalue weighted by Gasteiger charge is -2.22. The van der Waals surface area contributed by atoms with Gasteiger partial charge in [-0.3, -0.25) is 0 Å². The Hall–Kier alpha value is -2.67. The smallest absolute Gasteiger partial charge is 0.234 e. The van der Waals surface area contributed by atoms with Crippen molar-refractivity contribution in [2.75, 3.05) is 5.32 Å². The second-order valence-electron chi connectivity index (χ2n) is 6.96. The number of benzene rings is 2. The highest BCUT2D eigenvalue weighted by atomic mass is 32.2. The number of hydrogen-bond donors (Lipinski definition) is 1. The van der Waals surface area contributed by atoms with Gasteiger partial charge in [0, 0.05) is 11.6 Å². The Morgan fingerprint density at radius 3 is 2.32 bits per heavy atom. The van der Waals surface area contributed by atoms with E-state index in [9.17, 15) is 12.8 Å². The van der Waals surface area contributed by atoms with Gasteiger partial charge in [0.05, 0.1) is 4.90 Å². The number of hydrogen-bond acceptors (Lipinski definition) is 5. The number of nitrogens with zero attached hydrogens (tertiary/aromatic N) is 1. The number of rotatable bonds is 5. The zero-order valence-electron chi connectivity index (χ0n) is 15.3. The number of nitrogens with one attached hydrogen (secondary N) is 1. The van der Waals surface area contributed by atoms with Crippen molar-refractivity contribution in [3.05, 3.63) is 60.4 Å². The van der Waals surface area contributed by atoms with E-state index in [4.69, 9.17) is 4.42 Å². The summed E-state index contributed by atoms with van der Waals surface area (Å²) in [4.78, 5) is 4.44. The number of oxazole rings is 1. The van der Waals surface area contributed by atoms with Crippen molar-refractivity contribution in [2.45, 2.75) is 48.1 Å². The fraction of sp³-hybridized carbons (Fsp3) is 0.286. The SMILES string of the molecule is O=S(=O)(c1ccccc1)c1nc(-c2ccc(F)cc2)oc1NC1CCCCC1. The molecular weight excluding hydrogens is 379 g/mol. The molecular formula is C21H21FN2O3S. The van der Waals surface area contributed by atoms with E-state index in [1.807, 2.05) is 0 Å². The first-order valence-electron chi connectivity index (χ1n) is 9.37. The summed E-state index contributed by atoms with van der Waals surface area (Å²) >= 11 is 0. The van der Waals surface area contributed by atoms with Crippen LogP contribution in [-0.4, -0.2) is 19.4 Å². The molecule has 1 fully saturated rings. The van der Waals surface area contributed by atoms with Crippen LogP contribution in [0.15, 0.2) is 68.9 Å². The molecule has 1 aromatic heterocycles. The zero-order chi connectivity index (χ0) is 19.6. The molecule has 0 amide bonds. The molecule has 1 aliphatic rings. The second kappa shape index (κ2) is 7.75. The number of anilines is 1. The minimum Gasteiger partial charge on any atom is -0.419 e. The minimum absolute atomic E-state index is 0.136. The summed E-state index contributed by atoms with van der Waals surface area (Å²) in [6.07, 6.45) is 5.29. The molecule has 28 heavy (non-hydrogen) atoms. The van der Waals surface area contributed by atoms with E-state index in [-0.39, 0.29) is 33.6 Å². The van der Waals surface area contributed by atoms with Gasteiger partial charge >= 0.3 is 0 Å². The Morgan fingerprint density at radius 2 is 1.64 bits per heavy atom. The van der Waals surface area contributed by atoms with Crippen molar-refractivity contribution in [1.82, 2.24) is 4.98 Å². The standard InChI is InChI=1S/C21H21FN2O3S/c22-16-13-11-15(12-14-16)19-24-21(28(25,26)18-9-5-2-6-10-18)20(27-19)23-17-7-3-1-4-8-17/h2,5-6,9-14,17,23H,1,3-4,7-8H2. The average molecular weight is 400 g/mol. The molecule has 5 nitrogen and oxygen atoms in total. The van der Waals surface area contributed by atoms with E-state index in [2.05, 4.69) is 10.3 Å². The maximum Gasteiger partial charge on any atom is 0.234 e. The number of sulfone groups is 1. The lowest BCUT2D eigenvalue weighted by atomic mass is 9.96. The summed E-state index contributed by atoms with van der Waals surface area (Å²) in [6.45, 7) is 0.